The Morgan fingerprint density at radius 1 is 1.17 bits per heavy atom. The summed E-state index contributed by atoms with van der Waals surface area (Å²) in [5.41, 5.74) is 0. The molecule has 1 aliphatic rings. The van der Waals surface area contributed by atoms with Gasteiger partial charge in [0.2, 0.25) is 5.95 Å². The van der Waals surface area contributed by atoms with Gasteiger partial charge < -0.3 is 25.2 Å². The molecule has 0 radical (unpaired) electrons. The maximum absolute atomic E-state index is 5.11. The van der Waals surface area contributed by atoms with Crippen LogP contribution in [0.5, 0.6) is 0 Å². The Morgan fingerprint density at radius 3 is 2.57 bits per heavy atom. The number of methoxy groups -OCH3 is 1. The van der Waals surface area contributed by atoms with Crippen LogP contribution in [-0.4, -0.2) is 112 Å². The summed E-state index contributed by atoms with van der Waals surface area (Å²) in [6, 6.07) is 1.85. The molecule has 0 amide bonds. The molecule has 0 bridgehead atoms. The Kier molecular flexibility index (Phi) is 14.7. The van der Waals surface area contributed by atoms with E-state index in [1.54, 1.807) is 19.5 Å². The highest BCUT2D eigenvalue weighted by molar-refractivity contribution is 14.0. The first-order valence-electron chi connectivity index (χ1n) is 10.7. The van der Waals surface area contributed by atoms with Crippen LogP contribution >= 0.6 is 24.0 Å². The molecule has 172 valence electrons. The Morgan fingerprint density at radius 2 is 1.90 bits per heavy atom. The van der Waals surface area contributed by atoms with Gasteiger partial charge in [0, 0.05) is 85.0 Å². The smallest absolute Gasteiger partial charge is 0.225 e. The van der Waals surface area contributed by atoms with Crippen molar-refractivity contribution in [2.24, 2.45) is 4.99 Å². The molecule has 1 saturated heterocycles. The number of aromatic nitrogens is 2. The number of anilines is 1. The van der Waals surface area contributed by atoms with Gasteiger partial charge in [-0.05, 0) is 26.5 Å². The number of guanidine groups is 1. The Bertz CT molecular complexity index is 569. The molecule has 9 nitrogen and oxygen atoms in total. The first kappa shape index (κ1) is 26.8. The van der Waals surface area contributed by atoms with Crippen LogP contribution in [0.15, 0.2) is 23.5 Å². The Balaban J connectivity index is 0.00000450. The van der Waals surface area contributed by atoms with Gasteiger partial charge in [-0.3, -0.25) is 9.89 Å². The van der Waals surface area contributed by atoms with Gasteiger partial charge in [0.15, 0.2) is 5.96 Å². The van der Waals surface area contributed by atoms with Gasteiger partial charge in [0.1, 0.15) is 0 Å². The van der Waals surface area contributed by atoms with Gasteiger partial charge in [-0.2, -0.15) is 0 Å². The van der Waals surface area contributed by atoms with Gasteiger partial charge in [-0.1, -0.05) is 0 Å². The largest absolute Gasteiger partial charge is 0.385 e. The van der Waals surface area contributed by atoms with Crippen molar-refractivity contribution >= 4 is 35.9 Å². The van der Waals surface area contributed by atoms with Gasteiger partial charge in [0.25, 0.3) is 0 Å². The van der Waals surface area contributed by atoms with Crippen molar-refractivity contribution in [2.45, 2.75) is 13.3 Å². The van der Waals surface area contributed by atoms with Crippen molar-refractivity contribution in [1.29, 1.82) is 0 Å². The monoisotopic (exact) mass is 534 g/mol. The zero-order chi connectivity index (χ0) is 20.7. The maximum Gasteiger partial charge on any atom is 0.225 e. The third-order valence-corrected chi connectivity index (χ3v) is 4.91. The van der Waals surface area contributed by atoms with Crippen LogP contribution in [0.2, 0.25) is 0 Å². The number of nitrogens with one attached hydrogen (secondary N) is 2. The lowest BCUT2D eigenvalue weighted by molar-refractivity contribution is 0.180. The predicted molar refractivity (Wildman–Crippen MR) is 134 cm³/mol. The lowest BCUT2D eigenvalue weighted by Crippen LogP contribution is -2.48. The van der Waals surface area contributed by atoms with Crippen LogP contribution in [-0.2, 0) is 4.74 Å². The van der Waals surface area contributed by atoms with E-state index in [9.17, 15) is 0 Å². The van der Waals surface area contributed by atoms with E-state index >= 15 is 0 Å². The van der Waals surface area contributed by atoms with Gasteiger partial charge in [-0.25, -0.2) is 9.97 Å². The molecule has 0 atom stereocenters. The second kappa shape index (κ2) is 16.5. The van der Waals surface area contributed by atoms with Crippen molar-refractivity contribution in [3.63, 3.8) is 0 Å². The number of rotatable bonds is 12. The van der Waals surface area contributed by atoms with E-state index in [2.05, 4.69) is 49.3 Å². The summed E-state index contributed by atoms with van der Waals surface area (Å²) in [5.74, 6) is 1.73. The van der Waals surface area contributed by atoms with Crippen molar-refractivity contribution in [3.8, 4) is 0 Å². The molecular formula is C20H39IN8O. The maximum atomic E-state index is 5.11. The first-order valence-corrected chi connectivity index (χ1v) is 10.7. The van der Waals surface area contributed by atoms with Crippen molar-refractivity contribution in [2.75, 3.05) is 91.1 Å². The van der Waals surface area contributed by atoms with Gasteiger partial charge >= 0.3 is 0 Å². The summed E-state index contributed by atoms with van der Waals surface area (Å²) in [6.07, 6.45) is 4.66. The Labute approximate surface area is 198 Å². The highest BCUT2D eigenvalue weighted by Gasteiger charge is 2.18. The van der Waals surface area contributed by atoms with Crippen LogP contribution in [0.4, 0.5) is 5.95 Å². The normalized spacial score (nSPS) is 15.2. The highest BCUT2D eigenvalue weighted by Crippen LogP contribution is 2.09. The molecule has 0 aliphatic carbocycles. The molecule has 0 spiro atoms. The molecule has 1 aromatic rings. The quantitative estimate of drug-likeness (QED) is 0.176. The van der Waals surface area contributed by atoms with Crippen LogP contribution in [0.3, 0.4) is 0 Å². The number of hydrogen-bond acceptors (Lipinski definition) is 7. The van der Waals surface area contributed by atoms with Crippen molar-refractivity contribution < 1.29 is 4.74 Å². The first-order chi connectivity index (χ1) is 14.2. The molecule has 10 heteroatoms. The van der Waals surface area contributed by atoms with Crippen LogP contribution < -0.4 is 15.5 Å². The standard InChI is InChI=1S/C20H38N8O.HI/c1-4-21-19(22-9-12-26(2)11-6-18-29-3)23-10-13-27-14-16-28(17-15-27)20-24-7-5-8-25-20;/h5,7-8H,4,6,9-18H2,1-3H3,(H2,21,22,23);1H. The summed E-state index contributed by atoms with van der Waals surface area (Å²) in [7, 11) is 3.89. The minimum Gasteiger partial charge on any atom is -0.385 e. The fourth-order valence-electron chi connectivity index (χ4n) is 3.23. The summed E-state index contributed by atoms with van der Waals surface area (Å²) in [6.45, 7) is 12.4. The lowest BCUT2D eigenvalue weighted by atomic mass is 10.3. The number of likely N-dealkylation sites (N-methyl/N-ethyl adjacent to an activating group) is 1. The number of aliphatic imine (C=N–C) groups is 1. The topological polar surface area (TPSA) is 81.2 Å². The molecule has 30 heavy (non-hydrogen) atoms. The lowest BCUT2D eigenvalue weighted by Gasteiger charge is -2.34. The number of piperazine rings is 1. The van der Waals surface area contributed by atoms with E-state index in [-0.39, 0.29) is 24.0 Å². The molecule has 1 fully saturated rings. The second-order valence-electron chi connectivity index (χ2n) is 7.21. The van der Waals surface area contributed by atoms with Crippen LogP contribution in [0.25, 0.3) is 0 Å². The second-order valence-corrected chi connectivity index (χ2v) is 7.21. The molecule has 0 saturated carbocycles. The third-order valence-electron chi connectivity index (χ3n) is 4.91. The minimum atomic E-state index is 0. The van der Waals surface area contributed by atoms with E-state index in [0.717, 1.165) is 90.4 Å². The average Bonchev–Trinajstić information content (AvgIpc) is 2.75. The summed E-state index contributed by atoms with van der Waals surface area (Å²) in [5, 5.41) is 6.76. The van der Waals surface area contributed by atoms with E-state index in [0.29, 0.717) is 0 Å². The van der Waals surface area contributed by atoms with Crippen LogP contribution in [0, 0.1) is 0 Å². The summed E-state index contributed by atoms with van der Waals surface area (Å²) in [4.78, 5) is 20.4. The van der Waals surface area contributed by atoms with E-state index in [1.165, 1.54) is 0 Å². The molecule has 2 rings (SSSR count). The van der Waals surface area contributed by atoms with Crippen molar-refractivity contribution in [3.05, 3.63) is 18.5 Å². The van der Waals surface area contributed by atoms with Gasteiger partial charge in [-0.15, -0.1) is 24.0 Å². The SMILES string of the molecule is CCNC(=NCCN1CCN(c2ncccn2)CC1)NCCN(C)CCCOC.I. The molecule has 2 heterocycles. The van der Waals surface area contributed by atoms with Crippen molar-refractivity contribution in [1.82, 2.24) is 30.4 Å². The number of hydrogen-bond donors (Lipinski definition) is 2. The molecule has 1 aromatic heterocycles. The molecule has 2 N–H and O–H groups in total. The zero-order valence-electron chi connectivity index (χ0n) is 18.7. The Hall–Kier alpha value is -1.24. The van der Waals surface area contributed by atoms with E-state index in [4.69, 9.17) is 9.73 Å². The van der Waals surface area contributed by atoms with E-state index in [1.807, 2.05) is 6.07 Å². The molecule has 1 aliphatic heterocycles. The summed E-state index contributed by atoms with van der Waals surface area (Å²) < 4.78 is 5.11. The van der Waals surface area contributed by atoms with Gasteiger partial charge in [0.05, 0.1) is 6.54 Å². The zero-order valence-corrected chi connectivity index (χ0v) is 21.0. The molecule has 0 aromatic carbocycles. The third kappa shape index (κ3) is 10.7. The number of ether oxygens (including phenoxy) is 1. The molecular weight excluding hydrogens is 495 g/mol. The fourth-order valence-corrected chi connectivity index (χ4v) is 3.23. The summed E-state index contributed by atoms with van der Waals surface area (Å²) >= 11 is 0. The number of halogens is 1. The highest BCUT2D eigenvalue weighted by atomic mass is 127. The minimum absolute atomic E-state index is 0. The molecule has 0 unspecified atom stereocenters. The van der Waals surface area contributed by atoms with Crippen LogP contribution in [0.1, 0.15) is 13.3 Å². The van der Waals surface area contributed by atoms with E-state index < -0.39 is 0 Å². The average molecular weight is 534 g/mol. The number of nitrogens with zero attached hydrogens (tertiary/aromatic N) is 6. The predicted octanol–water partition coefficient (Wildman–Crippen LogP) is 0.740. The fraction of sp³-hybridized carbons (Fsp3) is 0.750.